The Morgan fingerprint density at radius 3 is 1.00 bits per heavy atom. The third-order valence-corrected chi connectivity index (χ3v) is 1.33. The summed E-state index contributed by atoms with van der Waals surface area (Å²) in [6, 6.07) is 0. The summed E-state index contributed by atoms with van der Waals surface area (Å²) >= 11 is 0. The molecule has 54 valence electrons. The quantitative estimate of drug-likeness (QED) is 0.541. The van der Waals surface area contributed by atoms with Crippen molar-refractivity contribution in [3.63, 3.8) is 0 Å². The maximum Gasteiger partial charge on any atom is 0.373 e. The fourth-order valence-corrected chi connectivity index (χ4v) is 0. The van der Waals surface area contributed by atoms with Crippen LogP contribution in [-0.2, 0) is 9.59 Å². The normalized spacial score (nSPS) is 8.22. The van der Waals surface area contributed by atoms with E-state index in [-0.39, 0.29) is 6.15 Å². The summed E-state index contributed by atoms with van der Waals surface area (Å²) in [6.07, 6.45) is 0.250. The standard InChI is InChI=1S/C6H14.CO2/c1-5(2)6(3)4;2-1-3/h5-6H,1-4H3;. The van der Waals surface area contributed by atoms with E-state index < -0.39 is 0 Å². The predicted molar refractivity (Wildman–Crippen MR) is 34.7 cm³/mol. The van der Waals surface area contributed by atoms with Crippen LogP contribution in [0.5, 0.6) is 0 Å². The summed E-state index contributed by atoms with van der Waals surface area (Å²) in [7, 11) is 0. The van der Waals surface area contributed by atoms with Crippen LogP contribution in [0.25, 0.3) is 0 Å². The zero-order valence-corrected chi connectivity index (χ0v) is 6.47. The van der Waals surface area contributed by atoms with Crippen LogP contribution in [-0.4, -0.2) is 6.15 Å². The molecular weight excluding hydrogens is 116 g/mol. The Bertz CT molecular complexity index is 72.9. The summed E-state index contributed by atoms with van der Waals surface area (Å²) in [6.45, 7) is 8.96. The van der Waals surface area contributed by atoms with Crippen molar-refractivity contribution in [2.45, 2.75) is 27.7 Å². The van der Waals surface area contributed by atoms with E-state index in [0.29, 0.717) is 0 Å². The SMILES string of the molecule is CC(C)C(C)C.O=C=O. The van der Waals surface area contributed by atoms with Gasteiger partial charge in [0.05, 0.1) is 0 Å². The first-order valence-corrected chi connectivity index (χ1v) is 3.05. The summed E-state index contributed by atoms with van der Waals surface area (Å²) in [4.78, 5) is 16.2. The van der Waals surface area contributed by atoms with Crippen molar-refractivity contribution in [2.24, 2.45) is 11.8 Å². The number of carbonyl (C=O) groups excluding carboxylic acids is 2. The van der Waals surface area contributed by atoms with Gasteiger partial charge in [0.15, 0.2) is 0 Å². The first-order valence-electron chi connectivity index (χ1n) is 3.05. The van der Waals surface area contributed by atoms with Crippen LogP contribution in [0, 0.1) is 11.8 Å². The van der Waals surface area contributed by atoms with E-state index in [0.717, 1.165) is 11.8 Å². The van der Waals surface area contributed by atoms with Crippen LogP contribution < -0.4 is 0 Å². The number of rotatable bonds is 1. The van der Waals surface area contributed by atoms with E-state index in [2.05, 4.69) is 27.7 Å². The van der Waals surface area contributed by atoms with Gasteiger partial charge in [0.2, 0.25) is 0 Å². The Labute approximate surface area is 56.3 Å². The Hall–Kier alpha value is -0.620. The minimum absolute atomic E-state index is 0.250. The molecule has 2 nitrogen and oxygen atoms in total. The first-order chi connectivity index (χ1) is 4.06. The Morgan fingerprint density at radius 2 is 1.00 bits per heavy atom. The van der Waals surface area contributed by atoms with E-state index in [1.807, 2.05) is 0 Å². The van der Waals surface area contributed by atoms with Gasteiger partial charge < -0.3 is 0 Å². The van der Waals surface area contributed by atoms with E-state index >= 15 is 0 Å². The summed E-state index contributed by atoms with van der Waals surface area (Å²) in [5, 5.41) is 0. The molecule has 0 aliphatic carbocycles. The van der Waals surface area contributed by atoms with Gasteiger partial charge in [-0.25, -0.2) is 0 Å². The minimum atomic E-state index is 0.250. The monoisotopic (exact) mass is 130 g/mol. The second kappa shape index (κ2) is 7.38. The molecule has 0 aliphatic heterocycles. The molecule has 0 amide bonds. The lowest BCUT2D eigenvalue weighted by Gasteiger charge is -2.05. The van der Waals surface area contributed by atoms with Crippen molar-refractivity contribution in [3.05, 3.63) is 0 Å². The third kappa shape index (κ3) is 18.7. The van der Waals surface area contributed by atoms with Crippen molar-refractivity contribution in [1.82, 2.24) is 0 Å². The Kier molecular flexibility index (Phi) is 9.19. The van der Waals surface area contributed by atoms with Crippen molar-refractivity contribution in [3.8, 4) is 0 Å². The molecule has 0 radical (unpaired) electrons. The molecule has 0 unspecified atom stereocenters. The van der Waals surface area contributed by atoms with Crippen molar-refractivity contribution >= 4 is 6.15 Å². The van der Waals surface area contributed by atoms with Crippen LogP contribution >= 0.6 is 0 Å². The lowest BCUT2D eigenvalue weighted by molar-refractivity contribution is -0.191. The molecule has 0 aromatic carbocycles. The maximum atomic E-state index is 8.12. The topological polar surface area (TPSA) is 34.1 Å². The van der Waals surface area contributed by atoms with Crippen LogP contribution in [0.15, 0.2) is 0 Å². The van der Waals surface area contributed by atoms with Crippen LogP contribution in [0.1, 0.15) is 27.7 Å². The second-order valence-corrected chi connectivity index (χ2v) is 2.57. The molecule has 0 aromatic rings. The highest BCUT2D eigenvalue weighted by molar-refractivity contribution is 5.20. The number of hydrogen-bond donors (Lipinski definition) is 0. The van der Waals surface area contributed by atoms with Gasteiger partial charge in [-0.2, -0.15) is 9.59 Å². The van der Waals surface area contributed by atoms with Crippen LogP contribution in [0.4, 0.5) is 0 Å². The molecule has 0 fully saturated rings. The highest BCUT2D eigenvalue weighted by Gasteiger charge is 1.95. The molecule has 0 aliphatic rings. The lowest BCUT2D eigenvalue weighted by atomic mass is 10.0. The Balaban J connectivity index is 0. The molecule has 0 N–H and O–H groups in total. The summed E-state index contributed by atoms with van der Waals surface area (Å²) < 4.78 is 0. The minimum Gasteiger partial charge on any atom is -0.186 e. The van der Waals surface area contributed by atoms with Gasteiger partial charge in [-0.05, 0) is 11.8 Å². The molecular formula is C7H14O2. The van der Waals surface area contributed by atoms with Crippen LogP contribution in [0.2, 0.25) is 0 Å². The Morgan fingerprint density at radius 1 is 0.889 bits per heavy atom. The third-order valence-electron chi connectivity index (χ3n) is 1.33. The molecule has 0 rings (SSSR count). The zero-order chi connectivity index (χ0) is 7.86. The highest BCUT2D eigenvalue weighted by atomic mass is 16.2. The number of hydrogen-bond acceptors (Lipinski definition) is 2. The predicted octanol–water partition coefficient (Wildman–Crippen LogP) is 1.71. The largest absolute Gasteiger partial charge is 0.373 e. The molecule has 0 atom stereocenters. The summed E-state index contributed by atoms with van der Waals surface area (Å²) in [5.41, 5.74) is 0. The molecule has 2 heteroatoms. The molecule has 0 saturated carbocycles. The van der Waals surface area contributed by atoms with Crippen molar-refractivity contribution in [2.75, 3.05) is 0 Å². The smallest absolute Gasteiger partial charge is 0.186 e. The maximum absolute atomic E-state index is 8.12. The fourth-order valence-electron chi connectivity index (χ4n) is 0. The molecule has 0 bridgehead atoms. The zero-order valence-electron chi connectivity index (χ0n) is 6.47. The van der Waals surface area contributed by atoms with E-state index in [4.69, 9.17) is 9.59 Å². The first kappa shape index (κ1) is 11.2. The van der Waals surface area contributed by atoms with Gasteiger partial charge in [-0.1, -0.05) is 27.7 Å². The molecule has 0 aromatic heterocycles. The van der Waals surface area contributed by atoms with Crippen LogP contribution in [0.3, 0.4) is 0 Å². The van der Waals surface area contributed by atoms with Gasteiger partial charge in [-0.15, -0.1) is 0 Å². The van der Waals surface area contributed by atoms with E-state index in [1.165, 1.54) is 0 Å². The average molecular weight is 130 g/mol. The summed E-state index contributed by atoms with van der Waals surface area (Å²) in [5.74, 6) is 1.70. The highest BCUT2D eigenvalue weighted by Crippen LogP contribution is 2.05. The van der Waals surface area contributed by atoms with Crippen molar-refractivity contribution < 1.29 is 9.59 Å². The van der Waals surface area contributed by atoms with E-state index in [9.17, 15) is 0 Å². The molecule has 0 saturated heterocycles. The van der Waals surface area contributed by atoms with Gasteiger partial charge >= 0.3 is 6.15 Å². The van der Waals surface area contributed by atoms with Gasteiger partial charge in [-0.3, -0.25) is 0 Å². The lowest BCUT2D eigenvalue weighted by Crippen LogP contribution is -1.95. The molecule has 0 heterocycles. The fraction of sp³-hybridized carbons (Fsp3) is 0.857. The van der Waals surface area contributed by atoms with Crippen molar-refractivity contribution in [1.29, 1.82) is 0 Å². The van der Waals surface area contributed by atoms with Gasteiger partial charge in [0.1, 0.15) is 0 Å². The second-order valence-electron chi connectivity index (χ2n) is 2.57. The molecule has 0 spiro atoms. The molecule has 9 heavy (non-hydrogen) atoms. The average Bonchev–Trinajstić information content (AvgIpc) is 1.68. The van der Waals surface area contributed by atoms with Gasteiger partial charge in [0.25, 0.3) is 0 Å². The van der Waals surface area contributed by atoms with E-state index in [1.54, 1.807) is 0 Å². The van der Waals surface area contributed by atoms with Gasteiger partial charge in [0, 0.05) is 0 Å².